The summed E-state index contributed by atoms with van der Waals surface area (Å²) in [5, 5.41) is 8.63. The van der Waals surface area contributed by atoms with E-state index < -0.39 is 0 Å². The van der Waals surface area contributed by atoms with Crippen LogP contribution in [0.2, 0.25) is 0 Å². The van der Waals surface area contributed by atoms with Gasteiger partial charge >= 0.3 is 17.1 Å². The average Bonchev–Trinajstić information content (AvgIpc) is 2.31. The Morgan fingerprint density at radius 2 is 1.47 bits per heavy atom. The van der Waals surface area contributed by atoms with Gasteiger partial charge in [0.15, 0.2) is 0 Å². The fourth-order valence-electron chi connectivity index (χ4n) is 1.39. The molecule has 1 N–H and O–H groups in total. The van der Waals surface area contributed by atoms with Crippen LogP contribution in [-0.2, 0) is 17.1 Å². The topological polar surface area (TPSA) is 20.2 Å². The van der Waals surface area contributed by atoms with E-state index in [9.17, 15) is 0 Å². The number of hydrogen-bond donors (Lipinski definition) is 1. The van der Waals surface area contributed by atoms with Crippen LogP contribution in [0.15, 0.2) is 30.3 Å². The van der Waals surface area contributed by atoms with Crippen molar-refractivity contribution in [1.82, 2.24) is 0 Å². The predicted octanol–water partition coefficient (Wildman–Crippen LogP) is 4.96. The zero-order valence-corrected chi connectivity index (χ0v) is 11.7. The van der Waals surface area contributed by atoms with Gasteiger partial charge in [0.1, 0.15) is 5.75 Å². The summed E-state index contributed by atoms with van der Waals surface area (Å²) < 4.78 is 0. The van der Waals surface area contributed by atoms with Crippen molar-refractivity contribution >= 4 is 0 Å². The second-order valence-electron chi connectivity index (χ2n) is 3.96. The van der Waals surface area contributed by atoms with Crippen LogP contribution in [0, 0.1) is 6.92 Å². The molecular weight excluding hydrogens is 260 g/mol. The molecule has 0 fully saturated rings. The van der Waals surface area contributed by atoms with Crippen molar-refractivity contribution in [3.8, 4) is 5.75 Å². The van der Waals surface area contributed by atoms with Crippen LogP contribution in [0.5, 0.6) is 5.75 Å². The second-order valence-corrected chi connectivity index (χ2v) is 3.96. The van der Waals surface area contributed by atoms with E-state index in [1.807, 2.05) is 6.07 Å². The first-order chi connectivity index (χ1) is 7.81. The first kappa shape index (κ1) is 18.9. The number of hydrogen-bond acceptors (Lipinski definition) is 1. The Bertz CT molecular complexity index is 218. The van der Waals surface area contributed by atoms with Crippen LogP contribution in [0.4, 0.5) is 0 Å². The number of phenols is 1. The number of rotatable bonds is 6. The van der Waals surface area contributed by atoms with Crippen molar-refractivity contribution in [2.24, 2.45) is 0 Å². The number of unbranched alkanes of at least 4 members (excludes halogenated alkanes) is 6. The number of para-hydroxylation sites is 1. The molecule has 1 aromatic carbocycles. The Labute approximate surface area is 117 Å². The van der Waals surface area contributed by atoms with Gasteiger partial charge in [0, 0.05) is 0 Å². The summed E-state index contributed by atoms with van der Waals surface area (Å²) in [5.41, 5.74) is 0. The maximum absolute atomic E-state index is 8.63. The molecule has 0 aliphatic carbocycles. The Morgan fingerprint density at radius 1 is 0.941 bits per heavy atom. The maximum Gasteiger partial charge on any atom is 1.00 e. The summed E-state index contributed by atoms with van der Waals surface area (Å²) in [6, 6.07) is 8.71. The summed E-state index contributed by atoms with van der Waals surface area (Å²) in [6.07, 6.45) is 9.45. The molecule has 0 heterocycles. The van der Waals surface area contributed by atoms with Gasteiger partial charge in [0.05, 0.1) is 0 Å². The fourth-order valence-corrected chi connectivity index (χ4v) is 1.39. The van der Waals surface area contributed by atoms with Gasteiger partial charge in [-0.3, -0.25) is 0 Å². The van der Waals surface area contributed by atoms with Gasteiger partial charge in [-0.05, 0) is 12.1 Å². The molecule has 0 aromatic heterocycles. The third-order valence-electron chi connectivity index (χ3n) is 2.36. The van der Waals surface area contributed by atoms with Gasteiger partial charge in [-0.1, -0.05) is 63.6 Å². The van der Waals surface area contributed by atoms with Crippen molar-refractivity contribution in [2.75, 3.05) is 0 Å². The number of aromatic hydroxyl groups is 1. The summed E-state index contributed by atoms with van der Waals surface area (Å²) in [7, 11) is 0. The van der Waals surface area contributed by atoms with Crippen LogP contribution < -0.4 is 0 Å². The van der Waals surface area contributed by atoms with Crippen molar-refractivity contribution in [3.63, 3.8) is 0 Å². The smallest absolute Gasteiger partial charge is 0.508 e. The van der Waals surface area contributed by atoms with Gasteiger partial charge in [-0.25, -0.2) is 0 Å². The van der Waals surface area contributed by atoms with Crippen LogP contribution in [-0.4, -0.2) is 5.11 Å². The van der Waals surface area contributed by atoms with Crippen molar-refractivity contribution < 1.29 is 22.2 Å². The van der Waals surface area contributed by atoms with Gasteiger partial charge < -0.3 is 12.0 Å². The average molecular weight is 285 g/mol. The first-order valence-corrected chi connectivity index (χ1v) is 6.34. The molecule has 1 aromatic rings. The van der Waals surface area contributed by atoms with Crippen LogP contribution >= 0.6 is 0 Å². The SMILES string of the molecule is Oc1ccccc1.[CH2-]CCCCCCCC.[Cu+]. The largest absolute Gasteiger partial charge is 1.00 e. The quantitative estimate of drug-likeness (QED) is 0.445. The van der Waals surface area contributed by atoms with E-state index in [-0.39, 0.29) is 17.1 Å². The number of benzene rings is 1. The normalized spacial score (nSPS) is 8.82. The molecule has 0 saturated carbocycles. The molecule has 1 rings (SSSR count). The molecule has 1 nitrogen and oxygen atoms in total. The summed E-state index contributed by atoms with van der Waals surface area (Å²) in [5.74, 6) is 0.322. The van der Waals surface area contributed by atoms with Crippen molar-refractivity contribution in [1.29, 1.82) is 0 Å². The third kappa shape index (κ3) is 15.5. The molecule has 0 aliphatic rings. The molecule has 17 heavy (non-hydrogen) atoms. The van der Waals surface area contributed by atoms with E-state index in [0.29, 0.717) is 5.75 Å². The standard InChI is InChI=1S/C9H19.C6H6O.Cu/c1-3-5-7-9-8-6-4-2;7-6-4-2-1-3-5-6;/h1,3-9H2,2H3;1-5,7H;/q-1;;+1. The Hall–Kier alpha value is -0.461. The summed E-state index contributed by atoms with van der Waals surface area (Å²) >= 11 is 0. The first-order valence-electron chi connectivity index (χ1n) is 6.34. The minimum atomic E-state index is 0. The molecule has 0 bridgehead atoms. The van der Waals surface area contributed by atoms with Gasteiger partial charge in [-0.2, -0.15) is 6.42 Å². The summed E-state index contributed by atoms with van der Waals surface area (Å²) in [4.78, 5) is 0. The molecule has 0 spiro atoms. The fraction of sp³-hybridized carbons (Fsp3) is 0.533. The van der Waals surface area contributed by atoms with E-state index in [0.717, 1.165) is 6.42 Å². The monoisotopic (exact) mass is 284 g/mol. The van der Waals surface area contributed by atoms with E-state index in [4.69, 9.17) is 5.11 Å². The molecule has 0 radical (unpaired) electrons. The molecule has 102 valence electrons. The van der Waals surface area contributed by atoms with Crippen LogP contribution in [0.1, 0.15) is 51.9 Å². The van der Waals surface area contributed by atoms with Crippen molar-refractivity contribution in [3.05, 3.63) is 37.3 Å². The zero-order valence-electron chi connectivity index (χ0n) is 10.8. The van der Waals surface area contributed by atoms with Gasteiger partial charge in [0.2, 0.25) is 0 Å². The molecule has 2 heteroatoms. The molecular formula is C15H25CuO. The number of phenolic OH excluding ortho intramolecular Hbond substituents is 1. The minimum absolute atomic E-state index is 0. The molecule has 0 atom stereocenters. The van der Waals surface area contributed by atoms with E-state index in [1.54, 1.807) is 24.3 Å². The Balaban J connectivity index is 0. The third-order valence-corrected chi connectivity index (χ3v) is 2.36. The van der Waals surface area contributed by atoms with Crippen LogP contribution in [0.25, 0.3) is 0 Å². The van der Waals surface area contributed by atoms with E-state index in [1.165, 1.54) is 38.5 Å². The van der Waals surface area contributed by atoms with Crippen LogP contribution in [0.3, 0.4) is 0 Å². The van der Waals surface area contributed by atoms with Gasteiger partial charge in [-0.15, -0.1) is 0 Å². The minimum Gasteiger partial charge on any atom is -0.508 e. The predicted molar refractivity (Wildman–Crippen MR) is 71.5 cm³/mol. The molecule has 0 amide bonds. The Kier molecular flexibility index (Phi) is 17.3. The van der Waals surface area contributed by atoms with E-state index >= 15 is 0 Å². The zero-order chi connectivity index (χ0) is 12.1. The van der Waals surface area contributed by atoms with E-state index in [2.05, 4.69) is 13.8 Å². The second kappa shape index (κ2) is 15.5. The van der Waals surface area contributed by atoms with Gasteiger partial charge in [0.25, 0.3) is 0 Å². The Morgan fingerprint density at radius 3 is 1.88 bits per heavy atom. The molecule has 0 aliphatic heterocycles. The molecule has 0 unspecified atom stereocenters. The maximum atomic E-state index is 8.63. The summed E-state index contributed by atoms with van der Waals surface area (Å²) in [6.45, 7) is 6.05. The molecule has 0 saturated heterocycles. The van der Waals surface area contributed by atoms with Crippen molar-refractivity contribution in [2.45, 2.75) is 51.9 Å².